The maximum atomic E-state index is 13.7. The van der Waals surface area contributed by atoms with Crippen LogP contribution < -0.4 is 10.9 Å². The summed E-state index contributed by atoms with van der Waals surface area (Å²) in [6, 6.07) is 14.2. The number of pyridine rings is 1. The van der Waals surface area contributed by atoms with Gasteiger partial charge in [-0.2, -0.15) is 18.3 Å². The molecular formula is C21H13F4N5O2. The summed E-state index contributed by atoms with van der Waals surface area (Å²) >= 11 is 0. The maximum absolute atomic E-state index is 13.7. The third kappa shape index (κ3) is 4.13. The Labute approximate surface area is 177 Å². The van der Waals surface area contributed by atoms with Crippen molar-refractivity contribution >= 4 is 22.7 Å². The summed E-state index contributed by atoms with van der Waals surface area (Å²) in [6.07, 6.45) is -4.25. The van der Waals surface area contributed by atoms with Gasteiger partial charge < -0.3 is 0 Å². The predicted molar refractivity (Wildman–Crippen MR) is 105 cm³/mol. The number of hydrogen-bond donors (Lipinski definition) is 2. The molecule has 162 valence electrons. The van der Waals surface area contributed by atoms with Crippen molar-refractivity contribution in [2.24, 2.45) is 0 Å². The van der Waals surface area contributed by atoms with Crippen LogP contribution in [0.25, 0.3) is 16.6 Å². The van der Waals surface area contributed by atoms with Crippen molar-refractivity contribution < 1.29 is 27.2 Å². The number of aromatic nitrogens is 3. The number of hydrogen-bond acceptors (Lipinski definition) is 4. The molecule has 2 N–H and O–H groups in total. The third-order valence-electron chi connectivity index (χ3n) is 4.47. The van der Waals surface area contributed by atoms with Crippen molar-refractivity contribution in [1.29, 1.82) is 0 Å². The molecule has 0 saturated heterocycles. The lowest BCUT2D eigenvalue weighted by Gasteiger charge is -2.13. The molecule has 32 heavy (non-hydrogen) atoms. The molecule has 2 heterocycles. The summed E-state index contributed by atoms with van der Waals surface area (Å²) in [5.41, 5.74) is 2.18. The van der Waals surface area contributed by atoms with E-state index in [0.29, 0.717) is 16.4 Å². The number of carbonyl (C=O) groups excluding carboxylic acids is 2. The minimum atomic E-state index is -4.96. The molecule has 0 aliphatic rings. The topological polar surface area (TPSA) is 88.9 Å². The zero-order valence-electron chi connectivity index (χ0n) is 16.0. The highest BCUT2D eigenvalue weighted by Gasteiger charge is 2.40. The van der Waals surface area contributed by atoms with Crippen molar-refractivity contribution in [3.05, 3.63) is 89.6 Å². The molecule has 0 saturated carbocycles. The lowest BCUT2D eigenvalue weighted by molar-refractivity contribution is -0.143. The first-order valence-corrected chi connectivity index (χ1v) is 9.11. The van der Waals surface area contributed by atoms with E-state index in [-0.39, 0.29) is 11.4 Å². The van der Waals surface area contributed by atoms with Crippen molar-refractivity contribution in [2.45, 2.75) is 6.18 Å². The second-order valence-electron chi connectivity index (χ2n) is 6.59. The summed E-state index contributed by atoms with van der Waals surface area (Å²) in [5.74, 6) is -2.69. The molecular weight excluding hydrogens is 430 g/mol. The van der Waals surface area contributed by atoms with Gasteiger partial charge in [0.25, 0.3) is 11.8 Å². The van der Waals surface area contributed by atoms with Crippen molar-refractivity contribution in [2.75, 3.05) is 0 Å². The molecule has 2 aromatic carbocycles. The van der Waals surface area contributed by atoms with Crippen LogP contribution in [0, 0.1) is 5.82 Å². The van der Waals surface area contributed by atoms with E-state index in [0.717, 1.165) is 29.7 Å². The number of amides is 2. The Bertz CT molecular complexity index is 1320. The van der Waals surface area contributed by atoms with Gasteiger partial charge in [-0.15, -0.1) is 0 Å². The fourth-order valence-electron chi connectivity index (χ4n) is 3.00. The zero-order chi connectivity index (χ0) is 22.9. The lowest BCUT2D eigenvalue weighted by Crippen LogP contribution is -2.42. The van der Waals surface area contributed by atoms with Crippen LogP contribution >= 0.6 is 0 Å². The second-order valence-corrected chi connectivity index (χ2v) is 6.59. The van der Waals surface area contributed by atoms with Crippen molar-refractivity contribution in [3.63, 3.8) is 0 Å². The Kier molecular flexibility index (Phi) is 5.31. The number of fused-ring (bicyclic) bond motifs is 1. The standard InChI is InChI=1S/C21H13F4N5O2/c22-13-6-8-14(9-7-13)30-18(21(23,24)25)15(11-26-30)19(31)28-29-20(32)17-10-5-12-3-1-2-4-16(12)27-17/h1-11H,(H,28,31)(H,29,32). The van der Waals surface area contributed by atoms with Crippen LogP contribution in [0.15, 0.2) is 66.9 Å². The number of nitrogens with one attached hydrogen (secondary N) is 2. The number of rotatable bonds is 3. The molecule has 0 fully saturated rings. The van der Waals surface area contributed by atoms with E-state index in [9.17, 15) is 27.2 Å². The van der Waals surface area contributed by atoms with Gasteiger partial charge in [-0.25, -0.2) is 14.1 Å². The van der Waals surface area contributed by atoms with E-state index < -0.39 is 35.1 Å². The van der Waals surface area contributed by atoms with Crippen LogP contribution in [-0.2, 0) is 6.18 Å². The van der Waals surface area contributed by atoms with Crippen LogP contribution in [0.1, 0.15) is 26.5 Å². The Balaban J connectivity index is 1.56. The zero-order valence-corrected chi connectivity index (χ0v) is 16.0. The normalized spacial score (nSPS) is 11.4. The number of carbonyl (C=O) groups is 2. The van der Waals surface area contributed by atoms with E-state index >= 15 is 0 Å². The van der Waals surface area contributed by atoms with Gasteiger partial charge in [-0.05, 0) is 36.4 Å². The van der Waals surface area contributed by atoms with Gasteiger partial charge in [-0.1, -0.05) is 24.3 Å². The number of nitrogens with zero attached hydrogens (tertiary/aromatic N) is 3. The highest BCUT2D eigenvalue weighted by atomic mass is 19.4. The molecule has 4 aromatic rings. The third-order valence-corrected chi connectivity index (χ3v) is 4.47. The molecule has 4 rings (SSSR count). The van der Waals surface area contributed by atoms with Gasteiger partial charge in [0.1, 0.15) is 11.5 Å². The number of halogens is 4. The minimum Gasteiger partial charge on any atom is -0.267 e. The SMILES string of the molecule is O=C(NNC(=O)c1cnn(-c2ccc(F)cc2)c1C(F)(F)F)c1ccc2ccccc2n1. The highest BCUT2D eigenvalue weighted by molar-refractivity contribution is 5.99. The summed E-state index contributed by atoms with van der Waals surface area (Å²) in [7, 11) is 0. The molecule has 0 spiro atoms. The number of para-hydroxylation sites is 1. The van der Waals surface area contributed by atoms with E-state index in [1.54, 1.807) is 30.3 Å². The van der Waals surface area contributed by atoms with Crippen molar-refractivity contribution in [1.82, 2.24) is 25.6 Å². The Morgan fingerprint density at radius 2 is 1.56 bits per heavy atom. The van der Waals surface area contributed by atoms with E-state index in [1.165, 1.54) is 6.07 Å². The van der Waals surface area contributed by atoms with Gasteiger partial charge in [-0.3, -0.25) is 20.4 Å². The summed E-state index contributed by atoms with van der Waals surface area (Å²) in [5, 5.41) is 4.40. The monoisotopic (exact) mass is 443 g/mol. The Hall–Kier alpha value is -4.28. The summed E-state index contributed by atoms with van der Waals surface area (Å²) in [6.45, 7) is 0. The van der Waals surface area contributed by atoms with E-state index in [4.69, 9.17) is 0 Å². The molecule has 0 atom stereocenters. The fourth-order valence-corrected chi connectivity index (χ4v) is 3.00. The van der Waals surface area contributed by atoms with Gasteiger partial charge in [0.05, 0.1) is 23.0 Å². The summed E-state index contributed by atoms with van der Waals surface area (Å²) in [4.78, 5) is 28.8. The molecule has 0 radical (unpaired) electrons. The maximum Gasteiger partial charge on any atom is 0.434 e. The molecule has 0 unspecified atom stereocenters. The molecule has 2 amide bonds. The fraction of sp³-hybridized carbons (Fsp3) is 0.0476. The quantitative estimate of drug-likeness (QED) is 0.374. The van der Waals surface area contributed by atoms with Gasteiger partial charge in [0.15, 0.2) is 5.69 Å². The first-order chi connectivity index (χ1) is 15.2. The smallest absolute Gasteiger partial charge is 0.267 e. The van der Waals surface area contributed by atoms with Crippen LogP contribution in [0.2, 0.25) is 0 Å². The second kappa shape index (κ2) is 8.10. The van der Waals surface area contributed by atoms with Crippen molar-refractivity contribution in [3.8, 4) is 5.69 Å². The average molecular weight is 443 g/mol. The average Bonchev–Trinajstić information content (AvgIpc) is 3.23. The van der Waals surface area contributed by atoms with Crippen LogP contribution in [-0.4, -0.2) is 26.6 Å². The molecule has 0 bridgehead atoms. The van der Waals surface area contributed by atoms with Crippen LogP contribution in [0.4, 0.5) is 17.6 Å². The van der Waals surface area contributed by atoms with Gasteiger partial charge >= 0.3 is 6.18 Å². The lowest BCUT2D eigenvalue weighted by atomic mass is 10.2. The van der Waals surface area contributed by atoms with Gasteiger partial charge in [0, 0.05) is 5.39 Å². The Morgan fingerprint density at radius 3 is 2.28 bits per heavy atom. The minimum absolute atomic E-state index is 0.0398. The predicted octanol–water partition coefficient (Wildman–Crippen LogP) is 3.65. The van der Waals surface area contributed by atoms with E-state index in [2.05, 4.69) is 10.1 Å². The highest BCUT2D eigenvalue weighted by Crippen LogP contribution is 2.33. The van der Waals surface area contributed by atoms with Crippen LogP contribution in [0.5, 0.6) is 0 Å². The molecule has 7 nitrogen and oxygen atoms in total. The summed E-state index contributed by atoms with van der Waals surface area (Å²) < 4.78 is 54.6. The number of benzene rings is 2. The molecule has 2 aromatic heterocycles. The number of alkyl halides is 3. The Morgan fingerprint density at radius 1 is 0.875 bits per heavy atom. The first kappa shape index (κ1) is 21.0. The first-order valence-electron chi connectivity index (χ1n) is 9.11. The molecule has 0 aliphatic heterocycles. The molecule has 11 heteroatoms. The van der Waals surface area contributed by atoms with Gasteiger partial charge in [0.2, 0.25) is 0 Å². The molecule has 0 aliphatic carbocycles. The van der Waals surface area contributed by atoms with E-state index in [1.807, 2.05) is 10.9 Å². The number of hydrazine groups is 1. The largest absolute Gasteiger partial charge is 0.434 e. The van der Waals surface area contributed by atoms with Crippen LogP contribution in [0.3, 0.4) is 0 Å².